The van der Waals surface area contributed by atoms with Gasteiger partial charge >= 0.3 is 0 Å². The largest absolute Gasteiger partial charge is 0.389 e. The predicted octanol–water partition coefficient (Wildman–Crippen LogP) is 7.57. The van der Waals surface area contributed by atoms with Crippen LogP contribution in [0, 0.1) is 23.0 Å². The first kappa shape index (κ1) is 27.5. The Morgan fingerprint density at radius 2 is 1.85 bits per heavy atom. The van der Waals surface area contributed by atoms with Gasteiger partial charge in [0.15, 0.2) is 0 Å². The van der Waals surface area contributed by atoms with E-state index >= 15 is 0 Å². The molecule has 0 heterocycles. The molecule has 5 rings (SSSR count). The molecule has 1 fully saturated rings. The standard InChI is InChI=1S/C34H39F2NO2/c1-21(2)20-37-32(38)31-24(6-5-7-30(31)36)12-14-34(39)15-13-27-17-25-18-29(23-8-10-28(35)11-9-23)22(3)16-26(25)19-33(27,34)4/h5-11,16-17,21,29,39H,12-15,18-20H2,1-4H3,(H,37,38). The quantitative estimate of drug-likeness (QED) is 0.387. The fourth-order valence-electron chi connectivity index (χ4n) is 6.82. The van der Waals surface area contributed by atoms with E-state index in [0.717, 1.165) is 24.8 Å². The molecule has 3 aliphatic rings. The molecule has 39 heavy (non-hydrogen) atoms. The first-order valence-corrected chi connectivity index (χ1v) is 14.2. The lowest BCUT2D eigenvalue weighted by Crippen LogP contribution is -2.44. The van der Waals surface area contributed by atoms with E-state index < -0.39 is 22.7 Å². The van der Waals surface area contributed by atoms with Crippen LogP contribution in [0.4, 0.5) is 8.78 Å². The van der Waals surface area contributed by atoms with Crippen LogP contribution in [0.15, 0.2) is 76.9 Å². The van der Waals surface area contributed by atoms with Crippen LogP contribution in [0.3, 0.4) is 0 Å². The lowest BCUT2D eigenvalue weighted by Gasteiger charge is -2.44. The molecule has 2 aromatic rings. The summed E-state index contributed by atoms with van der Waals surface area (Å²) in [5.41, 5.74) is 5.56. The van der Waals surface area contributed by atoms with E-state index in [0.29, 0.717) is 31.4 Å². The van der Waals surface area contributed by atoms with E-state index in [1.54, 1.807) is 12.1 Å². The van der Waals surface area contributed by atoms with Crippen LogP contribution >= 0.6 is 0 Å². The van der Waals surface area contributed by atoms with Crippen molar-refractivity contribution in [3.8, 4) is 0 Å². The Morgan fingerprint density at radius 3 is 2.56 bits per heavy atom. The highest BCUT2D eigenvalue weighted by Crippen LogP contribution is 2.59. The fraction of sp³-hybridized carbons (Fsp3) is 0.441. The second-order valence-electron chi connectivity index (χ2n) is 12.3. The van der Waals surface area contributed by atoms with Crippen molar-refractivity contribution < 1.29 is 18.7 Å². The lowest BCUT2D eigenvalue weighted by molar-refractivity contribution is -0.0463. The number of rotatable bonds is 7. The number of nitrogens with one attached hydrogen (secondary N) is 1. The molecular weight excluding hydrogens is 492 g/mol. The van der Waals surface area contributed by atoms with Crippen molar-refractivity contribution in [3.63, 3.8) is 0 Å². The summed E-state index contributed by atoms with van der Waals surface area (Å²) in [4.78, 5) is 12.8. The SMILES string of the molecule is CC1=CC2=C(C=C3CCC(O)(CCc4cccc(F)c4C(=O)NCC(C)C)C3(C)C2)CC1c1ccc(F)cc1. The molecule has 3 aliphatic carbocycles. The zero-order valence-corrected chi connectivity index (χ0v) is 23.4. The highest BCUT2D eigenvalue weighted by Gasteiger charge is 2.54. The number of aryl methyl sites for hydroxylation is 1. The summed E-state index contributed by atoms with van der Waals surface area (Å²) in [5.74, 6) is -0.655. The van der Waals surface area contributed by atoms with E-state index in [4.69, 9.17) is 0 Å². The molecule has 3 unspecified atom stereocenters. The maximum Gasteiger partial charge on any atom is 0.254 e. The summed E-state index contributed by atoms with van der Waals surface area (Å²) >= 11 is 0. The minimum atomic E-state index is -0.953. The molecule has 0 aliphatic heterocycles. The summed E-state index contributed by atoms with van der Waals surface area (Å²) in [6.45, 7) is 8.78. The van der Waals surface area contributed by atoms with Crippen molar-refractivity contribution in [2.75, 3.05) is 6.54 Å². The summed E-state index contributed by atoms with van der Waals surface area (Å²) in [6, 6.07) is 11.6. The molecule has 1 amide bonds. The second-order valence-corrected chi connectivity index (χ2v) is 12.3. The van der Waals surface area contributed by atoms with Gasteiger partial charge in [-0.15, -0.1) is 0 Å². The Hall–Kier alpha value is -3.05. The first-order chi connectivity index (χ1) is 18.5. The molecule has 0 bridgehead atoms. The molecular formula is C34H39F2NO2. The van der Waals surface area contributed by atoms with Crippen LogP contribution in [-0.4, -0.2) is 23.2 Å². The minimum Gasteiger partial charge on any atom is -0.389 e. The van der Waals surface area contributed by atoms with Crippen LogP contribution in [0.1, 0.15) is 87.2 Å². The Balaban J connectivity index is 1.35. The number of carbonyl (C=O) groups excluding carboxylic acids is 1. The summed E-state index contributed by atoms with van der Waals surface area (Å²) < 4.78 is 28.3. The van der Waals surface area contributed by atoms with Gasteiger partial charge < -0.3 is 10.4 Å². The third-order valence-electron chi connectivity index (χ3n) is 9.30. The normalized spacial score (nSPS) is 26.2. The van der Waals surface area contributed by atoms with Gasteiger partial charge in [0.1, 0.15) is 11.6 Å². The number of fused-ring (bicyclic) bond motifs is 1. The number of aliphatic hydroxyl groups is 1. The number of allylic oxidation sites excluding steroid dienone is 5. The van der Waals surface area contributed by atoms with Gasteiger partial charge in [0.2, 0.25) is 0 Å². The third-order valence-corrected chi connectivity index (χ3v) is 9.30. The number of hydrogen-bond donors (Lipinski definition) is 2. The van der Waals surface area contributed by atoms with Crippen LogP contribution in [0.5, 0.6) is 0 Å². The molecule has 3 nitrogen and oxygen atoms in total. The van der Waals surface area contributed by atoms with Crippen LogP contribution in [0.2, 0.25) is 0 Å². The second kappa shape index (κ2) is 10.5. The van der Waals surface area contributed by atoms with Gasteiger partial charge in [0.05, 0.1) is 11.2 Å². The first-order valence-electron chi connectivity index (χ1n) is 14.2. The summed E-state index contributed by atoms with van der Waals surface area (Å²) in [5, 5.41) is 14.9. The van der Waals surface area contributed by atoms with Crippen molar-refractivity contribution in [3.05, 3.63) is 105 Å². The van der Waals surface area contributed by atoms with E-state index in [2.05, 4.69) is 31.3 Å². The summed E-state index contributed by atoms with van der Waals surface area (Å²) in [6.07, 6.45) is 8.52. The maximum atomic E-state index is 14.8. The van der Waals surface area contributed by atoms with Crippen molar-refractivity contribution >= 4 is 5.91 Å². The number of carbonyl (C=O) groups is 1. The molecule has 5 heteroatoms. The van der Waals surface area contributed by atoms with Crippen molar-refractivity contribution in [2.24, 2.45) is 11.3 Å². The number of benzene rings is 2. The lowest BCUT2D eigenvalue weighted by atomic mass is 9.63. The van der Waals surface area contributed by atoms with Gasteiger partial charge in [-0.3, -0.25) is 4.79 Å². The predicted molar refractivity (Wildman–Crippen MR) is 151 cm³/mol. The van der Waals surface area contributed by atoms with Gasteiger partial charge in [-0.05, 0) is 91.8 Å². The van der Waals surface area contributed by atoms with E-state index in [-0.39, 0.29) is 23.2 Å². The molecule has 0 spiro atoms. The Bertz CT molecular complexity index is 1370. The van der Waals surface area contributed by atoms with Crippen LogP contribution < -0.4 is 5.32 Å². The molecule has 3 atom stereocenters. The highest BCUT2D eigenvalue weighted by molar-refractivity contribution is 5.96. The van der Waals surface area contributed by atoms with E-state index in [1.807, 2.05) is 26.0 Å². The zero-order chi connectivity index (χ0) is 27.9. The van der Waals surface area contributed by atoms with Gasteiger partial charge in [-0.25, -0.2) is 8.78 Å². The molecule has 206 valence electrons. The van der Waals surface area contributed by atoms with Crippen molar-refractivity contribution in [2.45, 2.75) is 77.7 Å². The van der Waals surface area contributed by atoms with Crippen LogP contribution in [-0.2, 0) is 6.42 Å². The average Bonchev–Trinajstić information content (AvgIpc) is 3.14. The van der Waals surface area contributed by atoms with Gasteiger partial charge in [-0.2, -0.15) is 0 Å². The Labute approximate surface area is 230 Å². The van der Waals surface area contributed by atoms with Crippen molar-refractivity contribution in [1.29, 1.82) is 0 Å². The Morgan fingerprint density at radius 1 is 1.10 bits per heavy atom. The highest BCUT2D eigenvalue weighted by atomic mass is 19.1. The average molecular weight is 532 g/mol. The van der Waals surface area contributed by atoms with E-state index in [1.165, 1.54) is 40.5 Å². The summed E-state index contributed by atoms with van der Waals surface area (Å²) in [7, 11) is 0. The van der Waals surface area contributed by atoms with Gasteiger partial charge in [0, 0.05) is 17.9 Å². The molecule has 0 saturated heterocycles. The van der Waals surface area contributed by atoms with Crippen molar-refractivity contribution in [1.82, 2.24) is 5.32 Å². The molecule has 2 aromatic carbocycles. The molecule has 2 N–H and O–H groups in total. The number of hydrogen-bond acceptors (Lipinski definition) is 2. The topological polar surface area (TPSA) is 49.3 Å². The minimum absolute atomic E-state index is 0.0898. The monoisotopic (exact) mass is 531 g/mol. The van der Waals surface area contributed by atoms with Crippen LogP contribution in [0.25, 0.3) is 0 Å². The molecule has 1 saturated carbocycles. The molecule has 0 radical (unpaired) electrons. The van der Waals surface area contributed by atoms with E-state index in [9.17, 15) is 18.7 Å². The van der Waals surface area contributed by atoms with Gasteiger partial charge in [0.25, 0.3) is 5.91 Å². The fourth-order valence-corrected chi connectivity index (χ4v) is 6.82. The number of amides is 1. The van der Waals surface area contributed by atoms with Gasteiger partial charge in [-0.1, -0.05) is 68.3 Å². The third kappa shape index (κ3) is 5.14. The maximum absolute atomic E-state index is 14.8. The zero-order valence-electron chi connectivity index (χ0n) is 23.4. The Kier molecular flexibility index (Phi) is 7.41. The smallest absolute Gasteiger partial charge is 0.254 e. The number of halogens is 2. The molecule has 0 aromatic heterocycles.